The van der Waals surface area contributed by atoms with E-state index in [0.29, 0.717) is 11.5 Å². The summed E-state index contributed by atoms with van der Waals surface area (Å²) < 4.78 is 22.0. The van der Waals surface area contributed by atoms with Crippen LogP contribution in [0.3, 0.4) is 0 Å². The SMILES string of the molecule is COC(=O)Oc1ccc([I+]c2ccc(OC(=O)OC(C)(C)C)cc2)cc1. The minimum Gasteiger partial charge on any atom is -0.437 e. The topological polar surface area (TPSA) is 71.1 Å². The Bertz CT molecular complexity index is 747. The van der Waals surface area contributed by atoms with Gasteiger partial charge in [-0.15, -0.1) is 0 Å². The van der Waals surface area contributed by atoms with E-state index < -0.39 is 39.1 Å². The van der Waals surface area contributed by atoms with Crippen LogP contribution < -0.4 is 30.7 Å². The third-order valence-electron chi connectivity index (χ3n) is 2.80. The minimum atomic E-state index is -0.743. The summed E-state index contributed by atoms with van der Waals surface area (Å²) in [6.45, 7) is 5.34. The molecule has 2 rings (SSSR count). The molecule has 0 bridgehead atoms. The maximum absolute atomic E-state index is 11.7. The molecule has 0 aromatic heterocycles. The van der Waals surface area contributed by atoms with Gasteiger partial charge in [-0.1, -0.05) is 0 Å². The van der Waals surface area contributed by atoms with E-state index in [-0.39, 0.29) is 0 Å². The lowest BCUT2D eigenvalue weighted by Crippen LogP contribution is -3.61. The highest BCUT2D eigenvalue weighted by Gasteiger charge is 2.19. The highest BCUT2D eigenvalue weighted by Crippen LogP contribution is 2.13. The first-order valence-corrected chi connectivity index (χ1v) is 9.92. The minimum absolute atomic E-state index is 0.409. The van der Waals surface area contributed by atoms with Crippen molar-refractivity contribution in [2.75, 3.05) is 7.11 Å². The predicted octanol–water partition coefficient (Wildman–Crippen LogP) is 1.27. The van der Waals surface area contributed by atoms with Crippen molar-refractivity contribution in [3.8, 4) is 11.5 Å². The number of halogens is 1. The number of carbonyl (C=O) groups is 2. The quantitative estimate of drug-likeness (QED) is 0.380. The van der Waals surface area contributed by atoms with Crippen LogP contribution in [0.2, 0.25) is 0 Å². The summed E-state index contributed by atoms with van der Waals surface area (Å²) in [7, 11) is 1.26. The lowest BCUT2D eigenvalue weighted by Gasteiger charge is -2.18. The van der Waals surface area contributed by atoms with Crippen LogP contribution in [0.15, 0.2) is 48.5 Å². The van der Waals surface area contributed by atoms with Gasteiger partial charge in [0, 0.05) is 0 Å². The van der Waals surface area contributed by atoms with Gasteiger partial charge in [-0.2, -0.15) is 0 Å². The molecule has 2 aromatic rings. The number of methoxy groups -OCH3 is 1. The zero-order valence-electron chi connectivity index (χ0n) is 14.9. The standard InChI is InChI=1S/C19H20IO6/c1-19(2,3)26-18(22)25-16-11-7-14(8-12-16)20-13-5-9-15(10-6-13)24-17(21)23-4/h5-12H,1-4H3/q+1. The van der Waals surface area contributed by atoms with Crippen LogP contribution in [-0.4, -0.2) is 25.0 Å². The Balaban J connectivity index is 1.92. The van der Waals surface area contributed by atoms with Crippen LogP contribution in [0.4, 0.5) is 9.59 Å². The first-order valence-electron chi connectivity index (χ1n) is 7.77. The monoisotopic (exact) mass is 471 g/mol. The van der Waals surface area contributed by atoms with Crippen LogP contribution in [0.25, 0.3) is 0 Å². The highest BCUT2D eigenvalue weighted by molar-refractivity contribution is 5.64. The number of rotatable bonds is 4. The Labute approximate surface area is 162 Å². The van der Waals surface area contributed by atoms with Gasteiger partial charge in [0.1, 0.15) is 17.1 Å². The molecule has 0 saturated carbocycles. The van der Waals surface area contributed by atoms with Crippen molar-refractivity contribution in [3.63, 3.8) is 0 Å². The number of carbonyl (C=O) groups excluding carboxylic acids is 2. The summed E-state index contributed by atoms with van der Waals surface area (Å²) in [5.74, 6) is 0.875. The molecule has 0 aliphatic heterocycles. The van der Waals surface area contributed by atoms with Gasteiger partial charge in [0.05, 0.1) is 7.11 Å². The molecule has 138 valence electrons. The lowest BCUT2D eigenvalue weighted by atomic mass is 10.2. The second kappa shape index (κ2) is 8.88. The maximum Gasteiger partial charge on any atom is 0.514 e. The molecule has 0 aliphatic rings. The Kier molecular flexibility index (Phi) is 6.84. The van der Waals surface area contributed by atoms with Crippen molar-refractivity contribution in [1.29, 1.82) is 0 Å². The molecule has 0 heterocycles. The van der Waals surface area contributed by atoms with Crippen LogP contribution in [0, 0.1) is 7.14 Å². The van der Waals surface area contributed by atoms with E-state index in [0.717, 1.165) is 7.14 Å². The molecule has 6 nitrogen and oxygen atoms in total. The number of hydrogen-bond donors (Lipinski definition) is 0. The molecule has 0 amide bonds. The first-order chi connectivity index (χ1) is 12.2. The predicted molar refractivity (Wildman–Crippen MR) is 90.2 cm³/mol. The van der Waals surface area contributed by atoms with Crippen LogP contribution >= 0.6 is 0 Å². The molecule has 7 heteroatoms. The van der Waals surface area contributed by atoms with Crippen molar-refractivity contribution in [2.24, 2.45) is 0 Å². The van der Waals surface area contributed by atoms with Gasteiger partial charge in [-0.25, -0.2) is 9.59 Å². The molecule has 0 N–H and O–H groups in total. The fourth-order valence-electron chi connectivity index (χ4n) is 1.76. The normalized spacial score (nSPS) is 10.8. The molecular weight excluding hydrogens is 451 g/mol. The van der Waals surface area contributed by atoms with Crippen LogP contribution in [-0.2, 0) is 9.47 Å². The Morgan fingerprint density at radius 1 is 0.769 bits per heavy atom. The number of ether oxygens (including phenoxy) is 4. The summed E-state index contributed by atoms with van der Waals surface area (Å²) >= 11 is -0.409. The van der Waals surface area contributed by atoms with Gasteiger partial charge in [0.2, 0.25) is 0 Å². The molecule has 0 saturated heterocycles. The third-order valence-corrected chi connectivity index (χ3v) is 5.49. The van der Waals surface area contributed by atoms with E-state index >= 15 is 0 Å². The van der Waals surface area contributed by atoms with Gasteiger partial charge < -0.3 is 18.9 Å². The highest BCUT2D eigenvalue weighted by atomic mass is 127. The van der Waals surface area contributed by atoms with Gasteiger partial charge in [-0.05, 0) is 69.3 Å². The van der Waals surface area contributed by atoms with Gasteiger partial charge in [-0.3, -0.25) is 0 Å². The molecule has 0 unspecified atom stereocenters. The van der Waals surface area contributed by atoms with Crippen LogP contribution in [0.1, 0.15) is 20.8 Å². The molecule has 0 aliphatic carbocycles. The van der Waals surface area contributed by atoms with Gasteiger partial charge in [0.15, 0.2) is 7.14 Å². The summed E-state index contributed by atoms with van der Waals surface area (Å²) in [5, 5.41) is 0. The summed E-state index contributed by atoms with van der Waals surface area (Å²) in [5.41, 5.74) is -0.591. The van der Waals surface area contributed by atoms with Crippen molar-refractivity contribution in [2.45, 2.75) is 26.4 Å². The Morgan fingerprint density at radius 2 is 1.19 bits per heavy atom. The molecule has 2 aromatic carbocycles. The zero-order chi connectivity index (χ0) is 19.2. The van der Waals surface area contributed by atoms with Gasteiger partial charge in [0.25, 0.3) is 0 Å². The largest absolute Gasteiger partial charge is 0.514 e. The first kappa shape index (κ1) is 20.0. The van der Waals surface area contributed by atoms with E-state index in [9.17, 15) is 9.59 Å². The van der Waals surface area contributed by atoms with E-state index in [1.54, 1.807) is 45.0 Å². The smallest absolute Gasteiger partial charge is 0.437 e. The van der Waals surface area contributed by atoms with Crippen molar-refractivity contribution < 1.29 is 49.7 Å². The molecule has 0 radical (unpaired) electrons. The van der Waals surface area contributed by atoms with E-state index in [1.165, 1.54) is 7.11 Å². The summed E-state index contributed by atoms with van der Waals surface area (Å²) in [6, 6.07) is 14.6. The van der Waals surface area contributed by atoms with Crippen molar-refractivity contribution in [1.82, 2.24) is 0 Å². The fourth-order valence-corrected chi connectivity index (χ4v) is 3.92. The van der Waals surface area contributed by atoms with E-state index in [4.69, 9.17) is 14.2 Å². The molecule has 0 atom stereocenters. The number of hydrogen-bond acceptors (Lipinski definition) is 6. The average Bonchev–Trinajstić information content (AvgIpc) is 2.56. The van der Waals surface area contributed by atoms with E-state index in [1.807, 2.05) is 24.3 Å². The average molecular weight is 471 g/mol. The van der Waals surface area contributed by atoms with Crippen molar-refractivity contribution in [3.05, 3.63) is 55.7 Å². The molecule has 0 fully saturated rings. The molecule has 0 spiro atoms. The Hall–Kier alpha value is -2.29. The summed E-state index contributed by atoms with van der Waals surface area (Å²) in [4.78, 5) is 22.7. The third kappa shape index (κ3) is 6.91. The summed E-state index contributed by atoms with van der Waals surface area (Å²) in [6.07, 6.45) is -1.46. The van der Waals surface area contributed by atoms with Crippen molar-refractivity contribution >= 4 is 12.3 Å². The maximum atomic E-state index is 11.7. The fraction of sp³-hybridized carbons (Fsp3) is 0.263. The van der Waals surface area contributed by atoms with Crippen LogP contribution in [0.5, 0.6) is 11.5 Å². The molecular formula is C19H20IO6+. The second-order valence-electron chi connectivity index (χ2n) is 6.13. The zero-order valence-corrected chi connectivity index (χ0v) is 17.1. The van der Waals surface area contributed by atoms with E-state index in [2.05, 4.69) is 4.74 Å². The number of benzene rings is 2. The molecule has 26 heavy (non-hydrogen) atoms. The second-order valence-corrected chi connectivity index (χ2v) is 9.16. The lowest BCUT2D eigenvalue weighted by molar-refractivity contribution is -0.597. The van der Waals surface area contributed by atoms with Gasteiger partial charge >= 0.3 is 33.5 Å². The Morgan fingerprint density at radius 3 is 1.58 bits per heavy atom.